The van der Waals surface area contributed by atoms with Gasteiger partial charge in [-0.2, -0.15) is 0 Å². The molecule has 0 aromatic heterocycles. The molecule has 1 saturated carbocycles. The lowest BCUT2D eigenvalue weighted by molar-refractivity contribution is 0.274. The zero-order chi connectivity index (χ0) is 6.72. The smallest absolute Gasteiger partial charge is 0.158 e. The molecule has 2 aliphatic carbocycles. The molecule has 0 radical (unpaired) electrons. The van der Waals surface area contributed by atoms with E-state index in [0.717, 1.165) is 11.8 Å². The number of fused-ring (bicyclic) bond motifs is 4. The summed E-state index contributed by atoms with van der Waals surface area (Å²) in [6.07, 6.45) is 4.68. The third-order valence-corrected chi connectivity index (χ3v) is 3.31. The Hall–Kier alpha value is -0.460. The lowest BCUT2D eigenvalue weighted by Gasteiger charge is -2.13. The van der Waals surface area contributed by atoms with Crippen molar-refractivity contribution in [2.75, 3.05) is 0 Å². The molecule has 1 heterocycles. The van der Waals surface area contributed by atoms with Gasteiger partial charge in [0.05, 0.1) is 0 Å². The Morgan fingerprint density at radius 2 is 2.40 bits per heavy atom. The molecule has 2 bridgehead atoms. The SMILES string of the molecule is CCC1CC2=C3OC3C1C2. The van der Waals surface area contributed by atoms with Crippen LogP contribution in [0.25, 0.3) is 0 Å². The third-order valence-electron chi connectivity index (χ3n) is 3.31. The predicted octanol–water partition coefficient (Wildman–Crippen LogP) is 2.09. The largest absolute Gasteiger partial charge is 0.483 e. The highest BCUT2D eigenvalue weighted by molar-refractivity contribution is 5.36. The van der Waals surface area contributed by atoms with Crippen LogP contribution in [0.15, 0.2) is 11.3 Å². The number of epoxide rings is 1. The Labute approximate surface area is 61.1 Å². The second-order valence-electron chi connectivity index (χ2n) is 3.75. The van der Waals surface area contributed by atoms with Gasteiger partial charge in [-0.25, -0.2) is 0 Å². The maximum Gasteiger partial charge on any atom is 0.158 e. The van der Waals surface area contributed by atoms with Gasteiger partial charge in [0.25, 0.3) is 0 Å². The van der Waals surface area contributed by atoms with E-state index in [4.69, 9.17) is 4.74 Å². The molecule has 3 rings (SSSR count). The first-order valence-corrected chi connectivity index (χ1v) is 4.28. The molecule has 3 atom stereocenters. The topological polar surface area (TPSA) is 12.5 Å². The highest BCUT2D eigenvalue weighted by atomic mass is 16.6. The monoisotopic (exact) mass is 136 g/mol. The molecule has 10 heavy (non-hydrogen) atoms. The maximum absolute atomic E-state index is 5.45. The quantitative estimate of drug-likeness (QED) is 0.503. The summed E-state index contributed by atoms with van der Waals surface area (Å²) < 4.78 is 5.45. The number of allylic oxidation sites excluding steroid dienone is 1. The van der Waals surface area contributed by atoms with Crippen molar-refractivity contribution in [3.05, 3.63) is 11.3 Å². The molecular formula is C9H12O. The summed E-state index contributed by atoms with van der Waals surface area (Å²) in [5, 5.41) is 0. The van der Waals surface area contributed by atoms with Crippen LogP contribution in [0.2, 0.25) is 0 Å². The van der Waals surface area contributed by atoms with E-state index < -0.39 is 0 Å². The van der Waals surface area contributed by atoms with Crippen molar-refractivity contribution < 1.29 is 4.74 Å². The van der Waals surface area contributed by atoms with Crippen LogP contribution in [0, 0.1) is 11.8 Å². The average molecular weight is 136 g/mol. The first-order chi connectivity index (χ1) is 4.90. The van der Waals surface area contributed by atoms with Gasteiger partial charge >= 0.3 is 0 Å². The summed E-state index contributed by atoms with van der Waals surface area (Å²) in [7, 11) is 0. The van der Waals surface area contributed by atoms with Crippen molar-refractivity contribution in [2.24, 2.45) is 11.8 Å². The zero-order valence-electron chi connectivity index (χ0n) is 6.26. The fourth-order valence-corrected chi connectivity index (χ4v) is 2.67. The van der Waals surface area contributed by atoms with E-state index >= 15 is 0 Å². The molecule has 1 heteroatoms. The molecule has 0 N–H and O–H groups in total. The minimum Gasteiger partial charge on any atom is -0.483 e. The lowest BCUT2D eigenvalue weighted by Crippen LogP contribution is -2.12. The Bertz CT molecular complexity index is 217. The van der Waals surface area contributed by atoms with E-state index in [1.54, 1.807) is 5.57 Å². The highest BCUT2D eigenvalue weighted by Crippen LogP contribution is 2.58. The first-order valence-electron chi connectivity index (χ1n) is 4.28. The molecule has 2 fully saturated rings. The lowest BCUT2D eigenvalue weighted by atomic mass is 9.90. The van der Waals surface area contributed by atoms with Gasteiger partial charge in [-0.05, 0) is 24.3 Å². The van der Waals surface area contributed by atoms with Crippen LogP contribution in [0.5, 0.6) is 0 Å². The molecule has 0 aromatic carbocycles. The van der Waals surface area contributed by atoms with Crippen LogP contribution in [0.1, 0.15) is 26.2 Å². The van der Waals surface area contributed by atoms with Crippen LogP contribution in [-0.2, 0) is 4.74 Å². The fourth-order valence-electron chi connectivity index (χ4n) is 2.67. The molecule has 1 saturated heterocycles. The Balaban J connectivity index is 1.97. The van der Waals surface area contributed by atoms with Crippen molar-refractivity contribution in [3.8, 4) is 0 Å². The van der Waals surface area contributed by atoms with E-state index in [1.165, 1.54) is 25.0 Å². The Kier molecular flexibility index (Phi) is 0.738. The number of hydrogen-bond donors (Lipinski definition) is 0. The average Bonchev–Trinajstić information content (AvgIpc) is 2.58. The van der Waals surface area contributed by atoms with Crippen molar-refractivity contribution in [1.29, 1.82) is 0 Å². The summed E-state index contributed by atoms with van der Waals surface area (Å²) in [4.78, 5) is 0. The molecule has 3 unspecified atom stereocenters. The predicted molar refractivity (Wildman–Crippen MR) is 38.4 cm³/mol. The van der Waals surface area contributed by atoms with E-state index in [9.17, 15) is 0 Å². The van der Waals surface area contributed by atoms with Gasteiger partial charge < -0.3 is 4.74 Å². The minimum atomic E-state index is 0.605. The summed E-state index contributed by atoms with van der Waals surface area (Å²) in [6.45, 7) is 2.30. The minimum absolute atomic E-state index is 0.605. The molecular weight excluding hydrogens is 124 g/mol. The van der Waals surface area contributed by atoms with Gasteiger partial charge in [0.2, 0.25) is 0 Å². The van der Waals surface area contributed by atoms with E-state index in [2.05, 4.69) is 6.92 Å². The van der Waals surface area contributed by atoms with E-state index in [-0.39, 0.29) is 0 Å². The standard InChI is InChI=1S/C9H12O/c1-2-5-3-6-4-7(5)9-8(6)10-9/h5,7,9H,2-4H2,1H3. The Morgan fingerprint density at radius 1 is 1.50 bits per heavy atom. The van der Waals surface area contributed by atoms with Gasteiger partial charge in [0, 0.05) is 5.92 Å². The summed E-state index contributed by atoms with van der Waals surface area (Å²) in [5.74, 6) is 3.25. The normalized spacial score (nSPS) is 47.5. The van der Waals surface area contributed by atoms with Gasteiger partial charge in [0.1, 0.15) is 5.76 Å². The van der Waals surface area contributed by atoms with Crippen molar-refractivity contribution >= 4 is 0 Å². The van der Waals surface area contributed by atoms with Gasteiger partial charge in [-0.3, -0.25) is 0 Å². The summed E-state index contributed by atoms with van der Waals surface area (Å²) in [6, 6.07) is 0. The van der Waals surface area contributed by atoms with Crippen molar-refractivity contribution in [1.82, 2.24) is 0 Å². The molecule has 54 valence electrons. The Morgan fingerprint density at radius 3 is 3.00 bits per heavy atom. The first kappa shape index (κ1) is 5.22. The van der Waals surface area contributed by atoms with Crippen molar-refractivity contribution in [3.63, 3.8) is 0 Å². The third kappa shape index (κ3) is 0.425. The molecule has 3 aliphatic rings. The molecule has 0 aromatic rings. The number of hydrogen-bond acceptors (Lipinski definition) is 1. The number of rotatable bonds is 1. The summed E-state index contributed by atoms with van der Waals surface area (Å²) >= 11 is 0. The molecule has 0 spiro atoms. The van der Waals surface area contributed by atoms with Crippen LogP contribution in [0.4, 0.5) is 0 Å². The molecule has 0 amide bonds. The maximum atomic E-state index is 5.45. The van der Waals surface area contributed by atoms with Crippen LogP contribution < -0.4 is 0 Å². The van der Waals surface area contributed by atoms with Gasteiger partial charge in [0.15, 0.2) is 6.10 Å². The highest BCUT2D eigenvalue weighted by Gasteiger charge is 2.55. The fraction of sp³-hybridized carbons (Fsp3) is 0.778. The van der Waals surface area contributed by atoms with Crippen molar-refractivity contribution in [2.45, 2.75) is 32.3 Å². The molecule has 1 nitrogen and oxygen atoms in total. The van der Waals surface area contributed by atoms with Crippen LogP contribution in [0.3, 0.4) is 0 Å². The van der Waals surface area contributed by atoms with E-state index in [0.29, 0.717) is 6.10 Å². The number of ether oxygens (including phenoxy) is 1. The van der Waals surface area contributed by atoms with E-state index in [1.807, 2.05) is 0 Å². The molecule has 1 aliphatic heterocycles. The van der Waals surface area contributed by atoms with Crippen LogP contribution in [-0.4, -0.2) is 6.10 Å². The second-order valence-corrected chi connectivity index (χ2v) is 3.75. The summed E-state index contributed by atoms with van der Waals surface area (Å²) in [5.41, 5.74) is 1.65. The van der Waals surface area contributed by atoms with Crippen LogP contribution >= 0.6 is 0 Å². The zero-order valence-corrected chi connectivity index (χ0v) is 6.26. The second kappa shape index (κ2) is 1.41. The van der Waals surface area contributed by atoms with Gasteiger partial charge in [-0.15, -0.1) is 0 Å². The van der Waals surface area contributed by atoms with Gasteiger partial charge in [-0.1, -0.05) is 13.3 Å².